The molecular weight excluding hydrogens is 176 g/mol. The van der Waals surface area contributed by atoms with Gasteiger partial charge in [0.05, 0.1) is 12.7 Å². The van der Waals surface area contributed by atoms with Gasteiger partial charge in [0, 0.05) is 30.0 Å². The van der Waals surface area contributed by atoms with E-state index >= 15 is 0 Å². The largest absolute Gasteiger partial charge is 0.371 e. The normalized spacial score (nSPS) is 27.6. The second-order valence-electron chi connectivity index (χ2n) is 3.86. The summed E-state index contributed by atoms with van der Waals surface area (Å²) < 4.78 is 5.71. The van der Waals surface area contributed by atoms with Gasteiger partial charge in [0.25, 0.3) is 0 Å². The van der Waals surface area contributed by atoms with Gasteiger partial charge < -0.3 is 10.1 Å². The molecule has 2 unspecified atom stereocenters. The molecule has 0 radical (unpaired) electrons. The first-order valence-corrected chi connectivity index (χ1v) is 5.03. The molecule has 0 aliphatic carbocycles. The Hall–Kier alpha value is -0.930. The Bertz CT molecular complexity index is 289. The topological polar surface area (TPSA) is 34.1 Å². The van der Waals surface area contributed by atoms with Crippen LogP contribution in [0.4, 0.5) is 0 Å². The first-order chi connectivity index (χ1) is 6.75. The van der Waals surface area contributed by atoms with Crippen molar-refractivity contribution in [3.8, 4) is 0 Å². The van der Waals surface area contributed by atoms with Crippen LogP contribution in [-0.4, -0.2) is 24.2 Å². The summed E-state index contributed by atoms with van der Waals surface area (Å²) in [5, 5.41) is 3.39. The van der Waals surface area contributed by atoms with Gasteiger partial charge in [0.1, 0.15) is 0 Å². The highest BCUT2D eigenvalue weighted by molar-refractivity contribution is 5.16. The molecule has 1 aromatic heterocycles. The second kappa shape index (κ2) is 4.07. The number of hydrogen-bond donors (Lipinski definition) is 1. The second-order valence-corrected chi connectivity index (χ2v) is 3.86. The van der Waals surface area contributed by atoms with E-state index in [1.165, 1.54) is 0 Å². The number of hydrogen-bond acceptors (Lipinski definition) is 3. The molecule has 2 heterocycles. The molecule has 2 rings (SSSR count). The molecule has 3 nitrogen and oxygen atoms in total. The van der Waals surface area contributed by atoms with E-state index in [1.807, 2.05) is 19.2 Å². The molecule has 76 valence electrons. The van der Waals surface area contributed by atoms with Gasteiger partial charge in [-0.15, -0.1) is 0 Å². The predicted octanol–water partition coefficient (Wildman–Crippen LogP) is 1.44. The summed E-state index contributed by atoms with van der Waals surface area (Å²) in [4.78, 5) is 4.27. The molecule has 2 atom stereocenters. The van der Waals surface area contributed by atoms with E-state index in [-0.39, 0.29) is 6.10 Å². The summed E-state index contributed by atoms with van der Waals surface area (Å²) in [5.74, 6) is 0. The molecule has 1 aromatic rings. The standard InChI is InChI=1S/C11H16N2O/c1-8-3-4-10(5-12-8)11-6-13-9(2)7-14-11/h3-5,9,11,13H,6-7H2,1-2H3. The SMILES string of the molecule is Cc1ccc(C2CNC(C)CO2)cn1. The average molecular weight is 192 g/mol. The maximum Gasteiger partial charge on any atom is 0.0964 e. The number of pyridine rings is 1. The van der Waals surface area contributed by atoms with Crippen LogP contribution in [0.2, 0.25) is 0 Å². The van der Waals surface area contributed by atoms with Crippen molar-refractivity contribution in [1.29, 1.82) is 0 Å². The molecule has 1 aliphatic rings. The van der Waals surface area contributed by atoms with Gasteiger partial charge >= 0.3 is 0 Å². The number of nitrogens with zero attached hydrogens (tertiary/aromatic N) is 1. The Morgan fingerprint density at radius 1 is 1.50 bits per heavy atom. The summed E-state index contributed by atoms with van der Waals surface area (Å²) in [7, 11) is 0. The van der Waals surface area contributed by atoms with Gasteiger partial charge in [-0.05, 0) is 19.9 Å². The van der Waals surface area contributed by atoms with Crippen molar-refractivity contribution in [2.45, 2.75) is 26.0 Å². The molecule has 14 heavy (non-hydrogen) atoms. The van der Waals surface area contributed by atoms with Crippen LogP contribution < -0.4 is 5.32 Å². The number of aryl methyl sites for hydroxylation is 1. The van der Waals surface area contributed by atoms with E-state index in [1.54, 1.807) is 0 Å². The van der Waals surface area contributed by atoms with Crippen LogP contribution in [0.15, 0.2) is 18.3 Å². The van der Waals surface area contributed by atoms with E-state index in [9.17, 15) is 0 Å². The third kappa shape index (κ3) is 2.11. The fourth-order valence-corrected chi connectivity index (χ4v) is 1.57. The zero-order chi connectivity index (χ0) is 9.97. The maximum atomic E-state index is 5.71. The lowest BCUT2D eigenvalue weighted by Crippen LogP contribution is -2.40. The van der Waals surface area contributed by atoms with Gasteiger partial charge in [-0.3, -0.25) is 4.98 Å². The summed E-state index contributed by atoms with van der Waals surface area (Å²) in [5.41, 5.74) is 2.21. The molecule has 0 saturated carbocycles. The van der Waals surface area contributed by atoms with E-state index in [2.05, 4.69) is 23.3 Å². The third-order valence-corrected chi connectivity index (χ3v) is 2.51. The monoisotopic (exact) mass is 192 g/mol. The molecule has 0 aromatic carbocycles. The summed E-state index contributed by atoms with van der Waals surface area (Å²) in [6, 6.07) is 4.58. The van der Waals surface area contributed by atoms with Gasteiger partial charge in [-0.1, -0.05) is 6.07 Å². The van der Waals surface area contributed by atoms with Crippen LogP contribution >= 0.6 is 0 Å². The van der Waals surface area contributed by atoms with Crippen LogP contribution in [0.5, 0.6) is 0 Å². The lowest BCUT2D eigenvalue weighted by atomic mass is 10.1. The van der Waals surface area contributed by atoms with E-state index < -0.39 is 0 Å². The Morgan fingerprint density at radius 2 is 2.36 bits per heavy atom. The Balaban J connectivity index is 2.05. The maximum absolute atomic E-state index is 5.71. The fourth-order valence-electron chi connectivity index (χ4n) is 1.57. The van der Waals surface area contributed by atoms with Crippen LogP contribution in [0.3, 0.4) is 0 Å². The smallest absolute Gasteiger partial charge is 0.0964 e. The summed E-state index contributed by atoms with van der Waals surface area (Å²) in [6.07, 6.45) is 2.07. The molecule has 1 N–H and O–H groups in total. The first-order valence-electron chi connectivity index (χ1n) is 5.03. The van der Waals surface area contributed by atoms with E-state index in [4.69, 9.17) is 4.74 Å². The molecule has 1 saturated heterocycles. The first kappa shape index (κ1) is 9.62. The zero-order valence-corrected chi connectivity index (χ0v) is 8.66. The van der Waals surface area contributed by atoms with Gasteiger partial charge in [0.2, 0.25) is 0 Å². The lowest BCUT2D eigenvalue weighted by Gasteiger charge is -2.28. The molecular formula is C11H16N2O. The van der Waals surface area contributed by atoms with Crippen molar-refractivity contribution in [3.63, 3.8) is 0 Å². The van der Waals surface area contributed by atoms with Crippen molar-refractivity contribution in [2.75, 3.05) is 13.2 Å². The minimum atomic E-state index is 0.166. The number of morpholine rings is 1. The van der Waals surface area contributed by atoms with E-state index in [0.717, 1.165) is 24.4 Å². The highest BCUT2D eigenvalue weighted by Gasteiger charge is 2.19. The van der Waals surface area contributed by atoms with Crippen molar-refractivity contribution < 1.29 is 4.74 Å². The van der Waals surface area contributed by atoms with E-state index in [0.29, 0.717) is 6.04 Å². The lowest BCUT2D eigenvalue weighted by molar-refractivity contribution is 0.00676. The van der Waals surface area contributed by atoms with Crippen LogP contribution in [0.25, 0.3) is 0 Å². The highest BCUT2D eigenvalue weighted by Crippen LogP contribution is 2.18. The quantitative estimate of drug-likeness (QED) is 0.731. The van der Waals surface area contributed by atoms with Gasteiger partial charge in [-0.2, -0.15) is 0 Å². The van der Waals surface area contributed by atoms with Gasteiger partial charge in [0.15, 0.2) is 0 Å². The minimum Gasteiger partial charge on any atom is -0.371 e. The van der Waals surface area contributed by atoms with Crippen molar-refractivity contribution in [2.24, 2.45) is 0 Å². The van der Waals surface area contributed by atoms with Crippen LogP contribution in [0, 0.1) is 6.92 Å². The molecule has 0 bridgehead atoms. The average Bonchev–Trinajstić information content (AvgIpc) is 2.21. The Labute approximate surface area is 84.5 Å². The molecule has 1 fully saturated rings. The molecule has 3 heteroatoms. The molecule has 1 aliphatic heterocycles. The third-order valence-electron chi connectivity index (χ3n) is 2.51. The zero-order valence-electron chi connectivity index (χ0n) is 8.66. The predicted molar refractivity (Wildman–Crippen MR) is 55.1 cm³/mol. The Morgan fingerprint density at radius 3 is 2.93 bits per heavy atom. The number of ether oxygens (including phenoxy) is 1. The molecule has 0 spiro atoms. The number of rotatable bonds is 1. The number of aromatic nitrogens is 1. The van der Waals surface area contributed by atoms with Crippen LogP contribution in [0.1, 0.15) is 24.3 Å². The number of nitrogens with one attached hydrogen (secondary N) is 1. The highest BCUT2D eigenvalue weighted by atomic mass is 16.5. The Kier molecular flexibility index (Phi) is 2.79. The van der Waals surface area contributed by atoms with Gasteiger partial charge in [-0.25, -0.2) is 0 Å². The van der Waals surface area contributed by atoms with Crippen LogP contribution in [-0.2, 0) is 4.74 Å². The van der Waals surface area contributed by atoms with Crippen molar-refractivity contribution in [3.05, 3.63) is 29.6 Å². The molecule has 0 amide bonds. The summed E-state index contributed by atoms with van der Waals surface area (Å²) in [6.45, 7) is 5.78. The minimum absolute atomic E-state index is 0.166. The van der Waals surface area contributed by atoms with Crippen molar-refractivity contribution >= 4 is 0 Å². The fraction of sp³-hybridized carbons (Fsp3) is 0.545. The van der Waals surface area contributed by atoms with Crippen molar-refractivity contribution in [1.82, 2.24) is 10.3 Å². The summed E-state index contributed by atoms with van der Waals surface area (Å²) >= 11 is 0.